The van der Waals surface area contributed by atoms with Crippen LogP contribution < -0.4 is 5.32 Å². The van der Waals surface area contributed by atoms with E-state index in [1.54, 1.807) is 0 Å². The van der Waals surface area contributed by atoms with Crippen LogP contribution in [-0.2, 0) is 17.8 Å². The van der Waals surface area contributed by atoms with Crippen molar-refractivity contribution < 1.29 is 4.79 Å². The molecular weight excluding hydrogens is 298 g/mol. The fourth-order valence-electron chi connectivity index (χ4n) is 3.05. The Morgan fingerprint density at radius 2 is 2.08 bits per heavy atom. The second kappa shape index (κ2) is 7.65. The van der Waals surface area contributed by atoms with Gasteiger partial charge in [-0.15, -0.1) is 0 Å². The summed E-state index contributed by atoms with van der Waals surface area (Å²) in [5.74, 6) is 1.70. The smallest absolute Gasteiger partial charge is 0.223 e. The van der Waals surface area contributed by atoms with Gasteiger partial charge < -0.3 is 9.88 Å². The van der Waals surface area contributed by atoms with Gasteiger partial charge in [0.2, 0.25) is 5.91 Å². The van der Waals surface area contributed by atoms with Crippen LogP contribution in [0.25, 0.3) is 11.0 Å². The second-order valence-electron chi connectivity index (χ2n) is 6.94. The highest BCUT2D eigenvalue weighted by molar-refractivity contribution is 5.80. The van der Waals surface area contributed by atoms with Crippen molar-refractivity contribution in [1.29, 1.82) is 0 Å². The van der Waals surface area contributed by atoms with Crippen LogP contribution in [0.1, 0.15) is 44.9 Å². The van der Waals surface area contributed by atoms with Gasteiger partial charge in [0.15, 0.2) is 0 Å². The number of benzene rings is 1. The van der Waals surface area contributed by atoms with Crippen molar-refractivity contribution in [3.05, 3.63) is 42.2 Å². The molecule has 0 bridgehead atoms. The number of imidazole rings is 1. The molecule has 1 heterocycles. The quantitative estimate of drug-likeness (QED) is 0.562. The first-order valence-electron chi connectivity index (χ1n) is 9.01. The van der Waals surface area contributed by atoms with Gasteiger partial charge in [0.25, 0.3) is 0 Å². The number of allylic oxidation sites excluding steroid dienone is 1. The number of aromatic nitrogens is 2. The van der Waals surface area contributed by atoms with Crippen molar-refractivity contribution in [2.75, 3.05) is 6.54 Å². The predicted molar refractivity (Wildman–Crippen MR) is 97.8 cm³/mol. The largest absolute Gasteiger partial charge is 0.356 e. The maximum Gasteiger partial charge on any atom is 0.223 e. The maximum atomic E-state index is 11.6. The molecule has 0 radical (unpaired) electrons. The van der Waals surface area contributed by atoms with Crippen molar-refractivity contribution in [2.45, 2.75) is 52.0 Å². The number of carbonyl (C=O) groups excluding carboxylic acids is 1. The molecule has 2 aromatic rings. The number of hydrogen-bond donors (Lipinski definition) is 1. The Balaban J connectivity index is 1.50. The van der Waals surface area contributed by atoms with Crippen LogP contribution in [0.4, 0.5) is 0 Å². The van der Waals surface area contributed by atoms with Gasteiger partial charge in [-0.2, -0.15) is 0 Å². The molecule has 3 rings (SSSR count). The molecule has 0 atom stereocenters. The number of nitrogens with one attached hydrogen (secondary N) is 1. The van der Waals surface area contributed by atoms with Crippen LogP contribution in [0, 0.1) is 5.92 Å². The van der Waals surface area contributed by atoms with Crippen LogP contribution in [0.3, 0.4) is 0 Å². The summed E-state index contributed by atoms with van der Waals surface area (Å²) in [6.45, 7) is 7.73. The molecule has 1 aromatic heterocycles. The first-order chi connectivity index (χ1) is 11.6. The van der Waals surface area contributed by atoms with Crippen molar-refractivity contribution in [2.24, 2.45) is 5.92 Å². The average molecular weight is 325 g/mol. The summed E-state index contributed by atoms with van der Waals surface area (Å²) in [4.78, 5) is 16.4. The Labute approximate surface area is 144 Å². The molecule has 1 N–H and O–H groups in total. The molecule has 24 heavy (non-hydrogen) atoms. The molecule has 1 aliphatic carbocycles. The van der Waals surface area contributed by atoms with Gasteiger partial charge in [-0.3, -0.25) is 4.79 Å². The Morgan fingerprint density at radius 3 is 2.83 bits per heavy atom. The van der Waals surface area contributed by atoms with E-state index in [0.29, 0.717) is 5.92 Å². The maximum absolute atomic E-state index is 11.6. The third kappa shape index (κ3) is 4.25. The summed E-state index contributed by atoms with van der Waals surface area (Å²) in [6, 6.07) is 8.29. The van der Waals surface area contributed by atoms with E-state index in [1.807, 2.05) is 6.07 Å². The van der Waals surface area contributed by atoms with Gasteiger partial charge in [-0.05, 0) is 44.7 Å². The second-order valence-corrected chi connectivity index (χ2v) is 6.94. The van der Waals surface area contributed by atoms with Gasteiger partial charge in [0.1, 0.15) is 5.82 Å². The normalized spacial score (nSPS) is 14.0. The highest BCUT2D eigenvalue weighted by atomic mass is 16.2. The molecule has 128 valence electrons. The van der Waals surface area contributed by atoms with Crippen molar-refractivity contribution >= 4 is 16.9 Å². The molecule has 1 aromatic carbocycles. The number of aryl methyl sites for hydroxylation is 1. The molecule has 1 fully saturated rings. The molecule has 4 nitrogen and oxygen atoms in total. The molecular formula is C20H27N3O. The lowest BCUT2D eigenvalue weighted by Gasteiger charge is -2.09. The molecule has 1 saturated carbocycles. The number of fused-ring (bicyclic) bond motifs is 1. The van der Waals surface area contributed by atoms with E-state index in [0.717, 1.165) is 68.5 Å². The lowest BCUT2D eigenvalue weighted by atomic mass is 10.2. The molecule has 0 saturated heterocycles. The van der Waals surface area contributed by atoms with Gasteiger partial charge in [0.05, 0.1) is 11.0 Å². The summed E-state index contributed by atoms with van der Waals surface area (Å²) in [7, 11) is 0. The lowest BCUT2D eigenvalue weighted by molar-refractivity contribution is -0.122. The highest BCUT2D eigenvalue weighted by Gasteiger charge is 2.28. The van der Waals surface area contributed by atoms with E-state index in [4.69, 9.17) is 4.98 Å². The molecule has 0 unspecified atom stereocenters. The van der Waals surface area contributed by atoms with Gasteiger partial charge in [0, 0.05) is 25.4 Å². The van der Waals surface area contributed by atoms with E-state index < -0.39 is 0 Å². The Hall–Kier alpha value is -2.10. The van der Waals surface area contributed by atoms with Crippen LogP contribution >= 0.6 is 0 Å². The highest BCUT2D eigenvalue weighted by Crippen LogP contribution is 2.28. The van der Waals surface area contributed by atoms with Gasteiger partial charge in [-0.25, -0.2) is 4.98 Å². The Bertz CT molecular complexity index is 728. The fraction of sp³-hybridized carbons (Fsp3) is 0.500. The number of hydrogen-bond acceptors (Lipinski definition) is 2. The van der Waals surface area contributed by atoms with Crippen molar-refractivity contribution in [3.63, 3.8) is 0 Å². The van der Waals surface area contributed by atoms with E-state index in [2.05, 4.69) is 41.6 Å². The summed E-state index contributed by atoms with van der Waals surface area (Å²) in [6.07, 6.45) is 6.37. The van der Waals surface area contributed by atoms with Crippen LogP contribution in [-0.4, -0.2) is 22.0 Å². The number of rotatable bonds is 9. The molecule has 4 heteroatoms. The predicted octanol–water partition coefficient (Wildman–Crippen LogP) is 3.85. The number of nitrogens with zero attached hydrogens (tertiary/aromatic N) is 2. The van der Waals surface area contributed by atoms with Gasteiger partial charge in [-0.1, -0.05) is 30.7 Å². The lowest BCUT2D eigenvalue weighted by Crippen LogP contribution is -2.25. The van der Waals surface area contributed by atoms with E-state index in [9.17, 15) is 4.79 Å². The summed E-state index contributed by atoms with van der Waals surface area (Å²) in [5.41, 5.74) is 3.39. The standard InChI is InChI=1S/C20H27N3O/c1-15(2)14-23-18-9-6-5-8-17(18)22-19(23)10-4-3-7-13-21-20(24)16-11-12-16/h5-6,8-9,16H,1,3-4,7,10-14H2,2H3,(H,21,24). The number of unbranched alkanes of at least 4 members (excludes halogenated alkanes) is 2. The third-order valence-corrected chi connectivity index (χ3v) is 4.49. The number of carbonyl (C=O) groups is 1. The Kier molecular flexibility index (Phi) is 5.34. The Morgan fingerprint density at radius 1 is 1.29 bits per heavy atom. The van der Waals surface area contributed by atoms with Crippen molar-refractivity contribution in [3.8, 4) is 0 Å². The summed E-state index contributed by atoms with van der Waals surface area (Å²) >= 11 is 0. The molecule has 0 spiro atoms. The average Bonchev–Trinajstić information content (AvgIpc) is 3.35. The van der Waals surface area contributed by atoms with Gasteiger partial charge >= 0.3 is 0 Å². The van der Waals surface area contributed by atoms with Crippen LogP contribution in [0.5, 0.6) is 0 Å². The molecule has 1 aliphatic rings. The molecule has 0 aliphatic heterocycles. The minimum Gasteiger partial charge on any atom is -0.356 e. The first kappa shape index (κ1) is 16.7. The zero-order chi connectivity index (χ0) is 16.9. The SMILES string of the molecule is C=C(C)Cn1c(CCCCCNC(=O)C2CC2)nc2ccccc21. The van der Waals surface area contributed by atoms with Crippen LogP contribution in [0.2, 0.25) is 0 Å². The van der Waals surface area contributed by atoms with E-state index in [-0.39, 0.29) is 5.91 Å². The summed E-state index contributed by atoms with van der Waals surface area (Å²) in [5, 5.41) is 3.03. The monoisotopic (exact) mass is 325 g/mol. The van der Waals surface area contributed by atoms with Crippen molar-refractivity contribution in [1.82, 2.24) is 14.9 Å². The van der Waals surface area contributed by atoms with Crippen LogP contribution in [0.15, 0.2) is 36.4 Å². The molecule has 1 amide bonds. The minimum absolute atomic E-state index is 0.248. The summed E-state index contributed by atoms with van der Waals surface area (Å²) < 4.78 is 2.28. The number of para-hydroxylation sites is 2. The topological polar surface area (TPSA) is 46.9 Å². The first-order valence-corrected chi connectivity index (χ1v) is 9.01. The van der Waals surface area contributed by atoms with E-state index >= 15 is 0 Å². The minimum atomic E-state index is 0.248. The zero-order valence-electron chi connectivity index (χ0n) is 14.6. The van der Waals surface area contributed by atoms with E-state index in [1.165, 1.54) is 5.52 Å². The zero-order valence-corrected chi connectivity index (χ0v) is 14.6. The third-order valence-electron chi connectivity index (χ3n) is 4.49. The fourth-order valence-corrected chi connectivity index (χ4v) is 3.05. The number of amides is 1.